The van der Waals surface area contributed by atoms with Crippen molar-refractivity contribution in [3.63, 3.8) is 0 Å². The smallest absolute Gasteiger partial charge is 0.131 e. The highest BCUT2D eigenvalue weighted by molar-refractivity contribution is 5.85. The van der Waals surface area contributed by atoms with E-state index in [0.717, 1.165) is 0 Å². The number of methoxy groups -OCH3 is 1. The number of nitrogens with two attached hydrogens (primary N) is 1. The van der Waals surface area contributed by atoms with E-state index >= 15 is 0 Å². The maximum Gasteiger partial charge on any atom is 0.131 e. The second kappa shape index (κ2) is 5.04. The van der Waals surface area contributed by atoms with Crippen molar-refractivity contribution in [1.82, 2.24) is 0 Å². The van der Waals surface area contributed by atoms with E-state index in [4.69, 9.17) is 10.5 Å². The lowest BCUT2D eigenvalue weighted by Crippen LogP contribution is -2.09. The summed E-state index contributed by atoms with van der Waals surface area (Å²) in [5.74, 6) is 0.189. The zero-order chi connectivity index (χ0) is 9.14. The minimum Gasteiger partial charge on any atom is -0.496 e. The van der Waals surface area contributed by atoms with Crippen LogP contribution < -0.4 is 10.5 Å². The van der Waals surface area contributed by atoms with Crippen LogP contribution in [0.4, 0.5) is 4.39 Å². The number of hydrogen-bond donors (Lipinski definition) is 1. The summed E-state index contributed by atoms with van der Waals surface area (Å²) in [5.41, 5.74) is 6.00. The number of ether oxygens (including phenoxy) is 1. The third kappa shape index (κ3) is 2.57. The maximum absolute atomic E-state index is 13.1. The normalized spacial score (nSPS) is 11.7. The Balaban J connectivity index is 0.00000144. The Kier molecular flexibility index (Phi) is 4.73. The Labute approximate surface area is 83.3 Å². The molecule has 0 fully saturated rings. The quantitative estimate of drug-likeness (QED) is 0.804. The van der Waals surface area contributed by atoms with Gasteiger partial charge in [-0.1, -0.05) is 6.07 Å². The SMILES string of the molecule is COc1cccc(F)c1C(C)N.Cl. The van der Waals surface area contributed by atoms with Crippen LogP contribution in [0.2, 0.25) is 0 Å². The molecule has 2 nitrogen and oxygen atoms in total. The first-order valence-corrected chi connectivity index (χ1v) is 3.74. The van der Waals surface area contributed by atoms with Gasteiger partial charge >= 0.3 is 0 Å². The lowest BCUT2D eigenvalue weighted by atomic mass is 10.1. The molecule has 1 unspecified atom stereocenters. The zero-order valence-corrected chi connectivity index (χ0v) is 8.40. The Bertz CT molecular complexity index is 278. The number of benzene rings is 1. The predicted molar refractivity (Wildman–Crippen MR) is 52.8 cm³/mol. The van der Waals surface area contributed by atoms with E-state index in [2.05, 4.69) is 0 Å². The summed E-state index contributed by atoms with van der Waals surface area (Å²) in [5, 5.41) is 0. The first-order chi connectivity index (χ1) is 5.66. The molecule has 1 aromatic carbocycles. The van der Waals surface area contributed by atoms with Crippen molar-refractivity contribution in [3.05, 3.63) is 29.6 Å². The maximum atomic E-state index is 13.1. The minimum atomic E-state index is -0.346. The average Bonchev–Trinajstić information content (AvgIpc) is 2.03. The molecule has 13 heavy (non-hydrogen) atoms. The van der Waals surface area contributed by atoms with Gasteiger partial charge in [-0.25, -0.2) is 4.39 Å². The number of hydrogen-bond acceptors (Lipinski definition) is 2. The summed E-state index contributed by atoms with van der Waals surface area (Å²) in [6, 6.07) is 4.32. The van der Waals surface area contributed by atoms with Gasteiger partial charge in [0.15, 0.2) is 0 Å². The van der Waals surface area contributed by atoms with E-state index in [9.17, 15) is 4.39 Å². The first kappa shape index (κ1) is 12.2. The molecule has 0 aliphatic heterocycles. The van der Waals surface area contributed by atoms with Crippen LogP contribution in [0.1, 0.15) is 18.5 Å². The van der Waals surface area contributed by atoms with E-state index in [1.807, 2.05) is 0 Å². The summed E-state index contributed by atoms with van der Waals surface area (Å²) in [6.45, 7) is 1.72. The highest BCUT2D eigenvalue weighted by Gasteiger charge is 2.11. The number of rotatable bonds is 2. The Morgan fingerprint density at radius 1 is 1.46 bits per heavy atom. The third-order valence-corrected chi connectivity index (χ3v) is 1.69. The summed E-state index contributed by atoms with van der Waals surface area (Å²) >= 11 is 0. The van der Waals surface area contributed by atoms with Gasteiger partial charge in [-0.3, -0.25) is 0 Å². The Morgan fingerprint density at radius 3 is 2.46 bits per heavy atom. The molecule has 0 aliphatic carbocycles. The van der Waals surface area contributed by atoms with Gasteiger partial charge in [-0.15, -0.1) is 12.4 Å². The molecule has 0 spiro atoms. The van der Waals surface area contributed by atoms with Crippen LogP contribution in [0.5, 0.6) is 5.75 Å². The molecule has 0 saturated heterocycles. The first-order valence-electron chi connectivity index (χ1n) is 3.74. The number of halogens is 2. The molecule has 0 aliphatic rings. The lowest BCUT2D eigenvalue weighted by molar-refractivity contribution is 0.400. The molecule has 0 saturated carbocycles. The molecule has 1 atom stereocenters. The largest absolute Gasteiger partial charge is 0.496 e. The average molecular weight is 206 g/mol. The van der Waals surface area contributed by atoms with Crippen LogP contribution in [-0.2, 0) is 0 Å². The van der Waals surface area contributed by atoms with Crippen molar-refractivity contribution >= 4 is 12.4 Å². The van der Waals surface area contributed by atoms with Crippen molar-refractivity contribution < 1.29 is 9.13 Å². The summed E-state index contributed by atoms with van der Waals surface area (Å²) in [7, 11) is 1.50. The molecular formula is C9H13ClFNO. The van der Waals surface area contributed by atoms with Gasteiger partial charge in [-0.05, 0) is 19.1 Å². The van der Waals surface area contributed by atoms with Crippen LogP contribution in [0.25, 0.3) is 0 Å². The van der Waals surface area contributed by atoms with Crippen molar-refractivity contribution in [2.24, 2.45) is 5.73 Å². The summed E-state index contributed by atoms with van der Waals surface area (Å²) in [6.07, 6.45) is 0. The predicted octanol–water partition coefficient (Wildman–Crippen LogP) is 2.28. The van der Waals surface area contributed by atoms with Crippen LogP contribution in [-0.4, -0.2) is 7.11 Å². The van der Waals surface area contributed by atoms with Crippen LogP contribution in [0, 0.1) is 5.82 Å². The third-order valence-electron chi connectivity index (χ3n) is 1.69. The van der Waals surface area contributed by atoms with Crippen molar-refractivity contribution in [1.29, 1.82) is 0 Å². The molecule has 1 rings (SSSR count). The van der Waals surface area contributed by atoms with Crippen LogP contribution in [0.3, 0.4) is 0 Å². The van der Waals surface area contributed by atoms with E-state index < -0.39 is 0 Å². The van der Waals surface area contributed by atoms with E-state index in [0.29, 0.717) is 11.3 Å². The standard InChI is InChI=1S/C9H12FNO.ClH/c1-6(11)9-7(10)4-3-5-8(9)12-2;/h3-6H,11H2,1-2H3;1H. The Hall–Kier alpha value is -0.800. The van der Waals surface area contributed by atoms with Crippen LogP contribution in [0.15, 0.2) is 18.2 Å². The Morgan fingerprint density at radius 2 is 2.08 bits per heavy atom. The monoisotopic (exact) mass is 205 g/mol. The van der Waals surface area contributed by atoms with Crippen molar-refractivity contribution in [2.75, 3.05) is 7.11 Å². The van der Waals surface area contributed by atoms with Gasteiger partial charge in [0.05, 0.1) is 7.11 Å². The van der Waals surface area contributed by atoms with Gasteiger partial charge < -0.3 is 10.5 Å². The van der Waals surface area contributed by atoms with Gasteiger partial charge in [0.1, 0.15) is 11.6 Å². The fourth-order valence-electron chi connectivity index (χ4n) is 1.14. The second-order valence-corrected chi connectivity index (χ2v) is 2.64. The van der Waals surface area contributed by atoms with Gasteiger partial charge in [0.2, 0.25) is 0 Å². The fraction of sp³-hybridized carbons (Fsp3) is 0.333. The van der Waals surface area contributed by atoms with E-state index in [1.165, 1.54) is 13.2 Å². The molecule has 0 radical (unpaired) electrons. The molecule has 74 valence electrons. The molecule has 4 heteroatoms. The molecule has 0 bridgehead atoms. The molecule has 0 heterocycles. The molecule has 0 amide bonds. The second-order valence-electron chi connectivity index (χ2n) is 2.64. The highest BCUT2D eigenvalue weighted by Crippen LogP contribution is 2.25. The van der Waals surface area contributed by atoms with Gasteiger partial charge in [0, 0.05) is 11.6 Å². The van der Waals surface area contributed by atoms with Crippen molar-refractivity contribution in [3.8, 4) is 5.75 Å². The zero-order valence-electron chi connectivity index (χ0n) is 7.58. The van der Waals surface area contributed by atoms with Gasteiger partial charge in [-0.2, -0.15) is 0 Å². The van der Waals surface area contributed by atoms with Crippen molar-refractivity contribution in [2.45, 2.75) is 13.0 Å². The van der Waals surface area contributed by atoms with Gasteiger partial charge in [0.25, 0.3) is 0 Å². The van der Waals surface area contributed by atoms with Crippen LogP contribution >= 0.6 is 12.4 Å². The topological polar surface area (TPSA) is 35.2 Å². The summed E-state index contributed by atoms with van der Waals surface area (Å²) < 4.78 is 18.1. The highest BCUT2D eigenvalue weighted by atomic mass is 35.5. The molecule has 0 aromatic heterocycles. The molecule has 2 N–H and O–H groups in total. The molecular weight excluding hydrogens is 193 g/mol. The minimum absolute atomic E-state index is 0. The summed E-state index contributed by atoms with van der Waals surface area (Å²) in [4.78, 5) is 0. The van der Waals surface area contributed by atoms with E-state index in [-0.39, 0.29) is 24.3 Å². The van der Waals surface area contributed by atoms with E-state index in [1.54, 1.807) is 19.1 Å². The fourth-order valence-corrected chi connectivity index (χ4v) is 1.14. The molecule has 1 aromatic rings. The lowest BCUT2D eigenvalue weighted by Gasteiger charge is -2.11.